The molecule has 1 N–H and O–H groups in total. The maximum atomic E-state index is 13.7. The highest BCUT2D eigenvalue weighted by Gasteiger charge is 2.24. The molecular weight excluding hydrogens is 341 g/mol. The topological polar surface area (TPSA) is 36.9 Å². The molecule has 0 bridgehead atoms. The standard InChI is InChI=1S/C22H28FN3O/c1-24-22(25-13-11-20-9-5-6-10-21(20)23)26-14-12-19(15-26)17-27-16-18-7-3-2-4-8-18/h2-10,19H,11-17H2,1H3,(H,24,25). The number of hydrogen-bond donors (Lipinski definition) is 1. The Morgan fingerprint density at radius 2 is 1.96 bits per heavy atom. The summed E-state index contributed by atoms with van der Waals surface area (Å²) < 4.78 is 19.6. The first-order valence-corrected chi connectivity index (χ1v) is 9.57. The average molecular weight is 369 g/mol. The minimum absolute atomic E-state index is 0.147. The van der Waals surface area contributed by atoms with E-state index in [0.717, 1.165) is 37.6 Å². The Morgan fingerprint density at radius 3 is 2.74 bits per heavy atom. The predicted octanol–water partition coefficient (Wildman–Crippen LogP) is 3.48. The lowest BCUT2D eigenvalue weighted by atomic mass is 10.1. The maximum absolute atomic E-state index is 13.7. The van der Waals surface area contributed by atoms with Gasteiger partial charge in [-0.2, -0.15) is 0 Å². The molecule has 0 radical (unpaired) electrons. The Hall–Kier alpha value is -2.40. The summed E-state index contributed by atoms with van der Waals surface area (Å²) >= 11 is 0. The summed E-state index contributed by atoms with van der Waals surface area (Å²) in [5.41, 5.74) is 1.94. The predicted molar refractivity (Wildman–Crippen MR) is 107 cm³/mol. The molecule has 0 aromatic heterocycles. The third-order valence-corrected chi connectivity index (χ3v) is 4.90. The highest BCUT2D eigenvalue weighted by Crippen LogP contribution is 2.17. The summed E-state index contributed by atoms with van der Waals surface area (Å²) in [6.07, 6.45) is 1.74. The summed E-state index contributed by atoms with van der Waals surface area (Å²) in [5, 5.41) is 3.36. The molecule has 5 heteroatoms. The molecule has 3 rings (SSSR count). The van der Waals surface area contributed by atoms with Gasteiger partial charge in [0, 0.05) is 32.6 Å². The van der Waals surface area contributed by atoms with Crippen molar-refractivity contribution in [1.82, 2.24) is 10.2 Å². The van der Waals surface area contributed by atoms with E-state index in [9.17, 15) is 4.39 Å². The molecule has 144 valence electrons. The van der Waals surface area contributed by atoms with Crippen LogP contribution in [0.15, 0.2) is 59.6 Å². The highest BCUT2D eigenvalue weighted by molar-refractivity contribution is 5.80. The Balaban J connectivity index is 1.39. The Labute approximate surface area is 161 Å². The molecule has 27 heavy (non-hydrogen) atoms. The van der Waals surface area contributed by atoms with Crippen molar-refractivity contribution in [3.63, 3.8) is 0 Å². The molecule has 1 fully saturated rings. The van der Waals surface area contributed by atoms with Crippen molar-refractivity contribution in [2.75, 3.05) is 33.3 Å². The van der Waals surface area contributed by atoms with Crippen LogP contribution in [-0.2, 0) is 17.8 Å². The third kappa shape index (κ3) is 5.79. The second kappa shape index (κ2) is 10.1. The van der Waals surface area contributed by atoms with Crippen LogP contribution in [0.3, 0.4) is 0 Å². The molecule has 0 saturated carbocycles. The Kier molecular flexibility index (Phi) is 7.22. The number of nitrogens with zero attached hydrogens (tertiary/aromatic N) is 2. The number of halogens is 1. The van der Waals surface area contributed by atoms with Crippen LogP contribution in [0.2, 0.25) is 0 Å². The van der Waals surface area contributed by atoms with Crippen LogP contribution >= 0.6 is 0 Å². The van der Waals surface area contributed by atoms with Gasteiger partial charge in [-0.15, -0.1) is 0 Å². The van der Waals surface area contributed by atoms with Gasteiger partial charge in [-0.25, -0.2) is 4.39 Å². The minimum Gasteiger partial charge on any atom is -0.376 e. The lowest BCUT2D eigenvalue weighted by Gasteiger charge is -2.22. The van der Waals surface area contributed by atoms with E-state index >= 15 is 0 Å². The second-order valence-electron chi connectivity index (χ2n) is 6.92. The molecular formula is C22H28FN3O. The van der Waals surface area contributed by atoms with E-state index in [-0.39, 0.29) is 5.82 Å². The number of rotatable bonds is 7. The number of aliphatic imine (C=N–C) groups is 1. The molecule has 2 aromatic rings. The molecule has 0 spiro atoms. The second-order valence-corrected chi connectivity index (χ2v) is 6.92. The van der Waals surface area contributed by atoms with Gasteiger partial charge in [0.15, 0.2) is 5.96 Å². The highest BCUT2D eigenvalue weighted by atomic mass is 19.1. The molecule has 1 aliphatic rings. The first-order valence-electron chi connectivity index (χ1n) is 9.57. The van der Waals surface area contributed by atoms with E-state index in [0.29, 0.717) is 25.5 Å². The summed E-state index contributed by atoms with van der Waals surface area (Å²) in [7, 11) is 1.80. The van der Waals surface area contributed by atoms with Crippen molar-refractivity contribution >= 4 is 5.96 Å². The number of benzene rings is 2. The van der Waals surface area contributed by atoms with Gasteiger partial charge in [0.25, 0.3) is 0 Å². The fraction of sp³-hybridized carbons (Fsp3) is 0.409. The summed E-state index contributed by atoms with van der Waals surface area (Å²) in [6, 6.07) is 17.2. The zero-order valence-corrected chi connectivity index (χ0v) is 15.9. The van der Waals surface area contributed by atoms with Gasteiger partial charge in [0.1, 0.15) is 5.82 Å². The largest absolute Gasteiger partial charge is 0.376 e. The van der Waals surface area contributed by atoms with Crippen molar-refractivity contribution < 1.29 is 9.13 Å². The van der Waals surface area contributed by atoms with Crippen LogP contribution in [0.4, 0.5) is 4.39 Å². The van der Waals surface area contributed by atoms with Gasteiger partial charge >= 0.3 is 0 Å². The number of guanidine groups is 1. The normalized spacial score (nSPS) is 17.3. The number of ether oxygens (including phenoxy) is 1. The van der Waals surface area contributed by atoms with Gasteiger partial charge in [0.2, 0.25) is 0 Å². The van der Waals surface area contributed by atoms with Gasteiger partial charge in [-0.05, 0) is 30.0 Å². The van der Waals surface area contributed by atoms with E-state index in [4.69, 9.17) is 4.74 Å². The van der Waals surface area contributed by atoms with E-state index in [1.165, 1.54) is 11.6 Å². The van der Waals surface area contributed by atoms with E-state index in [1.807, 2.05) is 30.3 Å². The van der Waals surface area contributed by atoms with Crippen LogP contribution in [0.25, 0.3) is 0 Å². The lowest BCUT2D eigenvalue weighted by Crippen LogP contribution is -2.41. The van der Waals surface area contributed by atoms with Crippen LogP contribution in [0, 0.1) is 11.7 Å². The van der Waals surface area contributed by atoms with Gasteiger partial charge < -0.3 is 15.0 Å². The minimum atomic E-state index is -0.147. The fourth-order valence-electron chi connectivity index (χ4n) is 3.42. The average Bonchev–Trinajstić information content (AvgIpc) is 3.16. The lowest BCUT2D eigenvalue weighted by molar-refractivity contribution is 0.0907. The first kappa shape index (κ1) is 19.4. The number of nitrogens with one attached hydrogen (secondary N) is 1. The quantitative estimate of drug-likeness (QED) is 0.600. The molecule has 1 unspecified atom stereocenters. The summed E-state index contributed by atoms with van der Waals surface area (Å²) in [6.45, 7) is 4.00. The first-order chi connectivity index (χ1) is 13.3. The zero-order chi connectivity index (χ0) is 18.9. The van der Waals surface area contributed by atoms with Gasteiger partial charge in [-0.3, -0.25) is 4.99 Å². The van der Waals surface area contributed by atoms with Crippen LogP contribution < -0.4 is 5.32 Å². The van der Waals surface area contributed by atoms with Crippen LogP contribution in [-0.4, -0.2) is 44.1 Å². The van der Waals surface area contributed by atoms with E-state index < -0.39 is 0 Å². The van der Waals surface area contributed by atoms with E-state index in [2.05, 4.69) is 27.3 Å². The Morgan fingerprint density at radius 1 is 1.19 bits per heavy atom. The van der Waals surface area contributed by atoms with Crippen molar-refractivity contribution in [1.29, 1.82) is 0 Å². The molecule has 1 saturated heterocycles. The summed E-state index contributed by atoms with van der Waals surface area (Å²) in [4.78, 5) is 6.64. The molecule has 2 aromatic carbocycles. The zero-order valence-electron chi connectivity index (χ0n) is 15.9. The van der Waals surface area contributed by atoms with Crippen molar-refractivity contribution in [3.8, 4) is 0 Å². The third-order valence-electron chi connectivity index (χ3n) is 4.90. The monoisotopic (exact) mass is 369 g/mol. The number of likely N-dealkylation sites (tertiary alicyclic amines) is 1. The molecule has 1 atom stereocenters. The molecule has 0 amide bonds. The van der Waals surface area contributed by atoms with Crippen molar-refractivity contribution in [2.24, 2.45) is 10.9 Å². The van der Waals surface area contributed by atoms with Crippen molar-refractivity contribution in [3.05, 3.63) is 71.5 Å². The van der Waals surface area contributed by atoms with Gasteiger partial charge in [0.05, 0.1) is 13.2 Å². The Bertz CT molecular complexity index is 735. The van der Waals surface area contributed by atoms with Crippen molar-refractivity contribution in [2.45, 2.75) is 19.4 Å². The molecule has 4 nitrogen and oxygen atoms in total. The smallest absolute Gasteiger partial charge is 0.193 e. The number of hydrogen-bond acceptors (Lipinski definition) is 2. The van der Waals surface area contributed by atoms with Crippen LogP contribution in [0.5, 0.6) is 0 Å². The van der Waals surface area contributed by atoms with Gasteiger partial charge in [-0.1, -0.05) is 48.5 Å². The molecule has 1 aliphatic heterocycles. The molecule has 1 heterocycles. The van der Waals surface area contributed by atoms with E-state index in [1.54, 1.807) is 13.1 Å². The molecule has 0 aliphatic carbocycles. The fourth-order valence-corrected chi connectivity index (χ4v) is 3.42. The van der Waals surface area contributed by atoms with Crippen LogP contribution in [0.1, 0.15) is 17.5 Å². The summed E-state index contributed by atoms with van der Waals surface area (Å²) in [5.74, 6) is 1.25. The SMILES string of the molecule is CN=C(NCCc1ccccc1F)N1CCC(COCc2ccccc2)C1. The maximum Gasteiger partial charge on any atom is 0.193 e.